The SMILES string of the molecule is CCC(C)[N-]C.[Li+]. The zero-order chi connectivity index (χ0) is 4.99. The smallest absolute Gasteiger partial charge is 0.662 e. The Bertz CT molecular complexity index is 27.3. The fraction of sp³-hybridized carbons (Fsp3) is 1.00. The second-order valence-corrected chi connectivity index (χ2v) is 1.52. The topological polar surface area (TPSA) is 14.1 Å². The number of nitrogens with zero attached hydrogens (tertiary/aromatic N) is 1. The molecule has 0 saturated heterocycles. The summed E-state index contributed by atoms with van der Waals surface area (Å²) < 4.78 is 0. The Morgan fingerprint density at radius 2 is 2.00 bits per heavy atom. The van der Waals surface area contributed by atoms with Crippen LogP contribution in [0.2, 0.25) is 0 Å². The molecule has 1 unspecified atom stereocenters. The minimum absolute atomic E-state index is 0. The van der Waals surface area contributed by atoms with Crippen LogP contribution < -0.4 is 18.9 Å². The molecule has 0 N–H and O–H groups in total. The van der Waals surface area contributed by atoms with Gasteiger partial charge in [-0.1, -0.05) is 20.3 Å². The van der Waals surface area contributed by atoms with Crippen LogP contribution in [0.5, 0.6) is 0 Å². The predicted molar refractivity (Wildman–Crippen MR) is 29.0 cm³/mol. The van der Waals surface area contributed by atoms with Crippen molar-refractivity contribution in [2.24, 2.45) is 0 Å². The summed E-state index contributed by atoms with van der Waals surface area (Å²) in [6.45, 7) is 4.25. The maximum atomic E-state index is 4.01. The van der Waals surface area contributed by atoms with Crippen LogP contribution in [0.1, 0.15) is 20.3 Å². The molecule has 0 aliphatic rings. The van der Waals surface area contributed by atoms with E-state index in [-0.39, 0.29) is 18.9 Å². The van der Waals surface area contributed by atoms with Gasteiger partial charge >= 0.3 is 18.9 Å². The van der Waals surface area contributed by atoms with Crippen molar-refractivity contribution >= 4 is 0 Å². The van der Waals surface area contributed by atoms with Gasteiger partial charge in [-0.3, -0.25) is 0 Å². The molecule has 1 atom stereocenters. The Morgan fingerprint density at radius 3 is 2.00 bits per heavy atom. The zero-order valence-corrected chi connectivity index (χ0v) is 5.73. The predicted octanol–water partition coefficient (Wildman–Crippen LogP) is -1.21. The van der Waals surface area contributed by atoms with Crippen molar-refractivity contribution in [3.05, 3.63) is 5.32 Å². The second kappa shape index (κ2) is 6.56. The van der Waals surface area contributed by atoms with E-state index in [2.05, 4.69) is 19.2 Å². The van der Waals surface area contributed by atoms with E-state index in [1.54, 1.807) is 0 Å². The molecular formula is C5H12LiN. The standard InChI is InChI=1S/C5H12N.Li/c1-4-5(2)6-3;/h5H,4H2,1-3H3;/q-1;+1. The molecule has 0 spiro atoms. The second-order valence-electron chi connectivity index (χ2n) is 1.52. The van der Waals surface area contributed by atoms with Gasteiger partial charge in [-0.15, -0.1) is 6.04 Å². The Balaban J connectivity index is 0. The molecule has 0 bridgehead atoms. The van der Waals surface area contributed by atoms with Crippen LogP contribution in [-0.2, 0) is 0 Å². The molecule has 0 fully saturated rings. The van der Waals surface area contributed by atoms with Crippen molar-refractivity contribution in [3.8, 4) is 0 Å². The zero-order valence-electron chi connectivity index (χ0n) is 5.73. The molecule has 0 saturated carbocycles. The average molecular weight is 93.1 g/mol. The van der Waals surface area contributed by atoms with Gasteiger partial charge in [-0.2, -0.15) is 7.05 Å². The fourth-order valence-corrected chi connectivity index (χ4v) is 0.183. The van der Waals surface area contributed by atoms with E-state index in [1.807, 2.05) is 7.05 Å². The Morgan fingerprint density at radius 1 is 1.57 bits per heavy atom. The number of hydrogen-bond acceptors (Lipinski definition) is 0. The molecule has 0 rings (SSSR count). The van der Waals surface area contributed by atoms with Crippen LogP contribution in [0.3, 0.4) is 0 Å². The molecular weight excluding hydrogens is 81.0 g/mol. The van der Waals surface area contributed by atoms with Crippen LogP contribution in [-0.4, -0.2) is 13.1 Å². The first kappa shape index (κ1) is 10.5. The third-order valence-electron chi connectivity index (χ3n) is 1.03. The Labute approximate surface area is 58.0 Å². The van der Waals surface area contributed by atoms with E-state index in [1.165, 1.54) is 0 Å². The summed E-state index contributed by atoms with van der Waals surface area (Å²) in [6.07, 6.45) is 1.16. The van der Waals surface area contributed by atoms with Crippen LogP contribution in [0, 0.1) is 0 Å². The van der Waals surface area contributed by atoms with Gasteiger partial charge in [0.05, 0.1) is 0 Å². The van der Waals surface area contributed by atoms with Crippen molar-refractivity contribution in [2.45, 2.75) is 26.3 Å². The minimum Gasteiger partial charge on any atom is -0.662 e. The first-order valence-electron chi connectivity index (χ1n) is 2.40. The van der Waals surface area contributed by atoms with Crippen molar-refractivity contribution in [1.82, 2.24) is 0 Å². The van der Waals surface area contributed by atoms with Crippen molar-refractivity contribution in [2.75, 3.05) is 7.05 Å². The number of hydrogen-bond donors (Lipinski definition) is 0. The summed E-state index contributed by atoms with van der Waals surface area (Å²) >= 11 is 0. The van der Waals surface area contributed by atoms with Crippen molar-refractivity contribution in [3.63, 3.8) is 0 Å². The average Bonchev–Trinajstić information content (AvgIpc) is 1.65. The molecule has 0 aromatic heterocycles. The molecule has 0 amide bonds. The van der Waals surface area contributed by atoms with Crippen LogP contribution in [0.15, 0.2) is 0 Å². The normalized spacial score (nSPS) is 12.4. The third kappa shape index (κ3) is 6.56. The monoisotopic (exact) mass is 93.1 g/mol. The Kier molecular flexibility index (Phi) is 9.86. The fourth-order valence-electron chi connectivity index (χ4n) is 0.183. The minimum atomic E-state index is 0. The van der Waals surface area contributed by atoms with Gasteiger partial charge in [0, 0.05) is 0 Å². The van der Waals surface area contributed by atoms with Crippen LogP contribution >= 0.6 is 0 Å². The van der Waals surface area contributed by atoms with E-state index in [4.69, 9.17) is 0 Å². The van der Waals surface area contributed by atoms with Gasteiger partial charge in [-0.25, -0.2) is 0 Å². The molecule has 1 nitrogen and oxygen atoms in total. The molecule has 0 aliphatic carbocycles. The van der Waals surface area contributed by atoms with E-state index in [0.717, 1.165) is 6.42 Å². The molecule has 0 aliphatic heterocycles. The van der Waals surface area contributed by atoms with E-state index < -0.39 is 0 Å². The molecule has 7 heavy (non-hydrogen) atoms. The van der Waals surface area contributed by atoms with Gasteiger partial charge in [0.2, 0.25) is 0 Å². The molecule has 0 radical (unpaired) electrons. The van der Waals surface area contributed by atoms with E-state index in [0.29, 0.717) is 6.04 Å². The molecule has 2 heteroatoms. The molecule has 0 aromatic rings. The summed E-state index contributed by atoms with van der Waals surface area (Å²) in [4.78, 5) is 0. The third-order valence-corrected chi connectivity index (χ3v) is 1.03. The maximum Gasteiger partial charge on any atom is 1.00 e. The summed E-state index contributed by atoms with van der Waals surface area (Å²) in [5, 5.41) is 4.01. The van der Waals surface area contributed by atoms with Crippen LogP contribution in [0.4, 0.5) is 0 Å². The number of rotatable bonds is 2. The largest absolute Gasteiger partial charge is 1.00 e. The maximum absolute atomic E-state index is 4.01. The van der Waals surface area contributed by atoms with E-state index in [9.17, 15) is 0 Å². The van der Waals surface area contributed by atoms with Crippen molar-refractivity contribution < 1.29 is 18.9 Å². The molecule has 0 aromatic carbocycles. The molecule has 0 heterocycles. The first-order chi connectivity index (χ1) is 2.81. The summed E-state index contributed by atoms with van der Waals surface area (Å²) in [6, 6.07) is 0.560. The van der Waals surface area contributed by atoms with Gasteiger partial charge in [0.1, 0.15) is 0 Å². The summed E-state index contributed by atoms with van der Waals surface area (Å²) in [5.74, 6) is 0. The van der Waals surface area contributed by atoms with Gasteiger partial charge < -0.3 is 5.32 Å². The quantitative estimate of drug-likeness (QED) is 0.380. The summed E-state index contributed by atoms with van der Waals surface area (Å²) in [7, 11) is 1.86. The van der Waals surface area contributed by atoms with Gasteiger partial charge in [0.25, 0.3) is 0 Å². The van der Waals surface area contributed by atoms with Gasteiger partial charge in [-0.05, 0) is 0 Å². The Hall–Kier alpha value is 0.557. The molecule has 38 valence electrons. The summed E-state index contributed by atoms with van der Waals surface area (Å²) in [5.41, 5.74) is 0. The van der Waals surface area contributed by atoms with Crippen molar-refractivity contribution in [1.29, 1.82) is 0 Å². The van der Waals surface area contributed by atoms with E-state index >= 15 is 0 Å². The van der Waals surface area contributed by atoms with Gasteiger partial charge in [0.15, 0.2) is 0 Å². The van der Waals surface area contributed by atoms with Crippen LogP contribution in [0.25, 0.3) is 5.32 Å². The first-order valence-corrected chi connectivity index (χ1v) is 2.40.